The van der Waals surface area contributed by atoms with Crippen LogP contribution in [0.25, 0.3) is 10.2 Å². The van der Waals surface area contributed by atoms with Crippen LogP contribution in [0.3, 0.4) is 0 Å². The van der Waals surface area contributed by atoms with Crippen molar-refractivity contribution in [3.05, 3.63) is 41.0 Å². The number of aromatic nitrogens is 2. The number of phenols is 1. The predicted molar refractivity (Wildman–Crippen MR) is 97.4 cm³/mol. The average Bonchev–Trinajstić information content (AvgIpc) is 3.02. The summed E-state index contributed by atoms with van der Waals surface area (Å²) in [4.78, 5) is 10.8. The normalized spacial score (nSPS) is 11.5. The fourth-order valence-electron chi connectivity index (χ4n) is 2.19. The van der Waals surface area contributed by atoms with Crippen molar-refractivity contribution in [1.29, 1.82) is 0 Å². The van der Waals surface area contributed by atoms with E-state index in [1.165, 1.54) is 18.3 Å². The van der Waals surface area contributed by atoms with Gasteiger partial charge in [-0.25, -0.2) is 9.97 Å². The van der Waals surface area contributed by atoms with Crippen molar-refractivity contribution in [2.45, 2.75) is 19.8 Å². The molecular formula is C17H18N4O2S. The second kappa shape index (κ2) is 6.84. The molecule has 2 N–H and O–H groups in total. The Labute approximate surface area is 143 Å². The average molecular weight is 342 g/mol. The van der Waals surface area contributed by atoms with Gasteiger partial charge in [-0.15, -0.1) is 11.3 Å². The van der Waals surface area contributed by atoms with Crippen molar-refractivity contribution in [3.63, 3.8) is 0 Å². The Morgan fingerprint density at radius 1 is 1.29 bits per heavy atom. The number of phenolic OH excluding ortho intramolecular Hbond substituents is 1. The SMILES string of the molecule is COc1cc(/C=N/Nc2ncnc3sc(C(C)C)cc23)ccc1O. The summed E-state index contributed by atoms with van der Waals surface area (Å²) in [5.74, 6) is 1.62. The van der Waals surface area contributed by atoms with Crippen LogP contribution in [0.1, 0.15) is 30.2 Å². The highest BCUT2D eigenvalue weighted by Gasteiger charge is 2.10. The lowest BCUT2D eigenvalue weighted by atomic mass is 10.2. The number of fused-ring (bicyclic) bond motifs is 1. The van der Waals surface area contributed by atoms with Crippen molar-refractivity contribution < 1.29 is 9.84 Å². The molecule has 0 aliphatic rings. The summed E-state index contributed by atoms with van der Waals surface area (Å²) in [6.45, 7) is 4.31. The van der Waals surface area contributed by atoms with E-state index in [0.717, 1.165) is 15.8 Å². The van der Waals surface area contributed by atoms with Crippen molar-refractivity contribution in [3.8, 4) is 11.5 Å². The molecule has 24 heavy (non-hydrogen) atoms. The Kier molecular flexibility index (Phi) is 4.61. The number of methoxy groups -OCH3 is 1. The number of nitrogens with one attached hydrogen (secondary N) is 1. The van der Waals surface area contributed by atoms with Crippen LogP contribution in [0.4, 0.5) is 5.82 Å². The molecule has 6 nitrogen and oxygen atoms in total. The van der Waals surface area contributed by atoms with Crippen LogP contribution in [-0.4, -0.2) is 28.4 Å². The zero-order chi connectivity index (χ0) is 17.1. The summed E-state index contributed by atoms with van der Waals surface area (Å²) in [6.07, 6.45) is 3.18. The van der Waals surface area contributed by atoms with Gasteiger partial charge < -0.3 is 9.84 Å². The number of hydrogen-bond donors (Lipinski definition) is 2. The first-order valence-corrected chi connectivity index (χ1v) is 8.30. The molecule has 0 bridgehead atoms. The summed E-state index contributed by atoms with van der Waals surface area (Å²) < 4.78 is 5.08. The maximum atomic E-state index is 9.60. The van der Waals surface area contributed by atoms with Gasteiger partial charge in [-0.3, -0.25) is 5.43 Å². The molecule has 0 saturated heterocycles. The van der Waals surface area contributed by atoms with Crippen LogP contribution in [0.5, 0.6) is 11.5 Å². The molecule has 3 rings (SSSR count). The Morgan fingerprint density at radius 3 is 2.88 bits per heavy atom. The minimum Gasteiger partial charge on any atom is -0.504 e. The molecule has 0 saturated carbocycles. The lowest BCUT2D eigenvalue weighted by molar-refractivity contribution is 0.373. The van der Waals surface area contributed by atoms with E-state index in [1.807, 2.05) is 0 Å². The van der Waals surface area contributed by atoms with Gasteiger partial charge in [-0.2, -0.15) is 5.10 Å². The molecule has 0 aliphatic heterocycles. The maximum Gasteiger partial charge on any atom is 0.161 e. The van der Waals surface area contributed by atoms with Gasteiger partial charge >= 0.3 is 0 Å². The number of aromatic hydroxyl groups is 1. The highest BCUT2D eigenvalue weighted by molar-refractivity contribution is 7.18. The van der Waals surface area contributed by atoms with E-state index in [0.29, 0.717) is 17.5 Å². The first-order valence-electron chi connectivity index (χ1n) is 7.49. The minimum absolute atomic E-state index is 0.0969. The van der Waals surface area contributed by atoms with Crippen LogP contribution >= 0.6 is 11.3 Å². The number of benzene rings is 1. The number of rotatable bonds is 5. The molecule has 0 amide bonds. The van der Waals surface area contributed by atoms with Crippen LogP contribution in [0, 0.1) is 0 Å². The van der Waals surface area contributed by atoms with E-state index in [9.17, 15) is 5.11 Å². The molecule has 2 heterocycles. The molecule has 0 radical (unpaired) electrons. The summed E-state index contributed by atoms with van der Waals surface area (Å²) in [5.41, 5.74) is 3.76. The van der Waals surface area contributed by atoms with Gasteiger partial charge in [0.15, 0.2) is 17.3 Å². The van der Waals surface area contributed by atoms with Gasteiger partial charge in [0, 0.05) is 4.88 Å². The van der Waals surface area contributed by atoms with E-state index in [2.05, 4.69) is 40.4 Å². The van der Waals surface area contributed by atoms with Crippen LogP contribution in [0.2, 0.25) is 0 Å². The Hall–Kier alpha value is -2.67. The van der Waals surface area contributed by atoms with Crippen LogP contribution in [0.15, 0.2) is 35.7 Å². The first-order chi connectivity index (χ1) is 11.6. The maximum absolute atomic E-state index is 9.60. The van der Waals surface area contributed by atoms with Crippen molar-refractivity contribution in [2.75, 3.05) is 12.5 Å². The minimum atomic E-state index is 0.0969. The third kappa shape index (κ3) is 3.30. The van der Waals surface area contributed by atoms with E-state index >= 15 is 0 Å². The lowest BCUT2D eigenvalue weighted by Crippen LogP contribution is -1.95. The molecule has 0 fully saturated rings. The molecule has 0 unspecified atom stereocenters. The van der Waals surface area contributed by atoms with Gasteiger partial charge in [0.05, 0.1) is 18.7 Å². The molecule has 0 atom stereocenters. The molecule has 124 valence electrons. The van der Waals surface area contributed by atoms with Crippen molar-refractivity contribution in [1.82, 2.24) is 9.97 Å². The monoisotopic (exact) mass is 342 g/mol. The Morgan fingerprint density at radius 2 is 2.12 bits per heavy atom. The number of ether oxygens (including phenoxy) is 1. The molecule has 1 aromatic carbocycles. The number of hydrogen-bond acceptors (Lipinski definition) is 7. The fourth-order valence-corrected chi connectivity index (χ4v) is 3.19. The van der Waals surface area contributed by atoms with E-state index in [4.69, 9.17) is 4.74 Å². The third-order valence-electron chi connectivity index (χ3n) is 3.51. The smallest absolute Gasteiger partial charge is 0.161 e. The molecule has 0 aliphatic carbocycles. The Balaban J connectivity index is 1.82. The predicted octanol–water partition coefficient (Wildman–Crippen LogP) is 3.97. The summed E-state index contributed by atoms with van der Waals surface area (Å²) >= 11 is 1.67. The quantitative estimate of drug-likeness (QED) is 0.542. The lowest BCUT2D eigenvalue weighted by Gasteiger charge is -2.04. The van der Waals surface area contributed by atoms with Crippen LogP contribution < -0.4 is 10.2 Å². The van der Waals surface area contributed by atoms with Crippen LogP contribution in [-0.2, 0) is 0 Å². The van der Waals surface area contributed by atoms with Crippen molar-refractivity contribution >= 4 is 33.6 Å². The zero-order valence-corrected chi connectivity index (χ0v) is 14.5. The van der Waals surface area contributed by atoms with E-state index in [-0.39, 0.29) is 5.75 Å². The molecule has 7 heteroatoms. The van der Waals surface area contributed by atoms with Gasteiger partial charge in [0.25, 0.3) is 0 Å². The number of thiophene rings is 1. The zero-order valence-electron chi connectivity index (χ0n) is 13.6. The third-order valence-corrected chi connectivity index (χ3v) is 4.85. The van der Waals surface area contributed by atoms with E-state index < -0.39 is 0 Å². The highest BCUT2D eigenvalue weighted by Crippen LogP contribution is 2.32. The summed E-state index contributed by atoms with van der Waals surface area (Å²) in [6, 6.07) is 7.13. The molecular weight excluding hydrogens is 324 g/mol. The fraction of sp³-hybridized carbons (Fsp3) is 0.235. The second-order valence-corrected chi connectivity index (χ2v) is 6.61. The van der Waals surface area contributed by atoms with Gasteiger partial charge in [0.2, 0.25) is 0 Å². The van der Waals surface area contributed by atoms with Gasteiger partial charge in [-0.05, 0) is 35.7 Å². The summed E-state index contributed by atoms with van der Waals surface area (Å²) in [7, 11) is 1.51. The summed E-state index contributed by atoms with van der Waals surface area (Å²) in [5, 5.41) is 14.8. The van der Waals surface area contributed by atoms with Gasteiger partial charge in [-0.1, -0.05) is 13.8 Å². The molecule has 3 aromatic rings. The highest BCUT2D eigenvalue weighted by atomic mass is 32.1. The van der Waals surface area contributed by atoms with E-state index in [1.54, 1.807) is 35.8 Å². The van der Waals surface area contributed by atoms with Crippen molar-refractivity contribution in [2.24, 2.45) is 5.10 Å². The first kappa shape index (κ1) is 16.2. The number of nitrogens with zero attached hydrogens (tertiary/aromatic N) is 3. The Bertz CT molecular complexity index is 889. The topological polar surface area (TPSA) is 79.6 Å². The van der Waals surface area contributed by atoms with Gasteiger partial charge in [0.1, 0.15) is 11.2 Å². The number of anilines is 1. The second-order valence-electron chi connectivity index (χ2n) is 5.55. The number of hydrazone groups is 1. The largest absolute Gasteiger partial charge is 0.504 e. The molecule has 2 aromatic heterocycles. The molecule has 0 spiro atoms. The standard InChI is InChI=1S/C17H18N4O2S/c1-10(2)15-7-12-16(18-9-19-17(12)24-15)21-20-8-11-4-5-13(22)14(6-11)23-3/h4-10,22H,1-3H3,(H,18,19,21)/b20-8+.